The molecule has 120 valence electrons. The third-order valence-electron chi connectivity index (χ3n) is 3.84. The Morgan fingerprint density at radius 2 is 2.14 bits per heavy atom. The first kappa shape index (κ1) is 17.1. The van der Waals surface area contributed by atoms with Crippen LogP contribution in [0.4, 0.5) is 5.69 Å². The number of likely N-dealkylation sites (N-methyl/N-ethyl adjacent to an activating group) is 1. The van der Waals surface area contributed by atoms with Crippen molar-refractivity contribution in [2.75, 3.05) is 31.1 Å². The minimum Gasteiger partial charge on any atom is -0.310 e. The molecule has 0 spiro atoms. The molecule has 1 amide bonds. The summed E-state index contributed by atoms with van der Waals surface area (Å²) in [5.41, 5.74) is 2.16. The summed E-state index contributed by atoms with van der Waals surface area (Å²) in [7, 11) is 0. The standard InChI is InChI=1S/C18H26N2OS/c1-5-19(12-14(2)3)13-18(21)20-11-10-15(4)22-17-9-7-6-8-16(17)20/h6-9,15H,2,5,10-13H2,1,3-4H3. The lowest BCUT2D eigenvalue weighted by molar-refractivity contribution is -0.119. The number of hydrogen-bond donors (Lipinski definition) is 0. The second kappa shape index (κ2) is 7.84. The Labute approximate surface area is 138 Å². The monoisotopic (exact) mass is 318 g/mol. The van der Waals surface area contributed by atoms with Gasteiger partial charge >= 0.3 is 0 Å². The number of carbonyl (C=O) groups excluding carboxylic acids is 1. The zero-order valence-corrected chi connectivity index (χ0v) is 14.7. The molecule has 1 heterocycles. The third-order valence-corrected chi connectivity index (χ3v) is 5.08. The molecule has 1 atom stereocenters. The average Bonchev–Trinajstić information content (AvgIpc) is 2.64. The maximum atomic E-state index is 12.8. The fraction of sp³-hybridized carbons (Fsp3) is 0.500. The molecule has 0 N–H and O–H groups in total. The molecule has 0 aliphatic carbocycles. The van der Waals surface area contributed by atoms with Crippen LogP contribution < -0.4 is 4.90 Å². The molecule has 0 fully saturated rings. The summed E-state index contributed by atoms with van der Waals surface area (Å²) in [5, 5.41) is 0.539. The van der Waals surface area contributed by atoms with E-state index in [0.717, 1.165) is 37.3 Å². The van der Waals surface area contributed by atoms with Gasteiger partial charge in [-0.25, -0.2) is 0 Å². The third kappa shape index (κ3) is 4.37. The van der Waals surface area contributed by atoms with Crippen molar-refractivity contribution in [1.29, 1.82) is 0 Å². The van der Waals surface area contributed by atoms with Gasteiger partial charge in [-0.3, -0.25) is 9.69 Å². The summed E-state index contributed by atoms with van der Waals surface area (Å²) in [6.07, 6.45) is 1.03. The first-order chi connectivity index (χ1) is 10.5. The van der Waals surface area contributed by atoms with Crippen LogP contribution in [0.2, 0.25) is 0 Å². The summed E-state index contributed by atoms with van der Waals surface area (Å²) in [6.45, 7) is 13.2. The van der Waals surface area contributed by atoms with E-state index in [1.807, 2.05) is 35.7 Å². The normalized spacial score (nSPS) is 18.0. The van der Waals surface area contributed by atoms with Gasteiger partial charge in [-0.2, -0.15) is 0 Å². The van der Waals surface area contributed by atoms with Crippen molar-refractivity contribution in [3.05, 3.63) is 36.4 Å². The molecule has 0 aromatic heterocycles. The zero-order valence-electron chi connectivity index (χ0n) is 13.8. The van der Waals surface area contributed by atoms with E-state index in [9.17, 15) is 4.79 Å². The molecule has 1 aromatic carbocycles. The van der Waals surface area contributed by atoms with Gasteiger partial charge in [0.25, 0.3) is 0 Å². The van der Waals surface area contributed by atoms with Crippen LogP contribution in [0.1, 0.15) is 27.2 Å². The number of hydrogen-bond acceptors (Lipinski definition) is 3. The van der Waals surface area contributed by atoms with E-state index in [2.05, 4.69) is 37.5 Å². The van der Waals surface area contributed by atoms with Gasteiger partial charge in [-0.05, 0) is 32.0 Å². The summed E-state index contributed by atoms with van der Waals surface area (Å²) in [6, 6.07) is 8.24. The summed E-state index contributed by atoms with van der Waals surface area (Å²) >= 11 is 1.87. The van der Waals surface area contributed by atoms with Crippen molar-refractivity contribution in [1.82, 2.24) is 4.90 Å². The van der Waals surface area contributed by atoms with Crippen LogP contribution in [0, 0.1) is 0 Å². The van der Waals surface area contributed by atoms with Crippen LogP contribution in [0.3, 0.4) is 0 Å². The van der Waals surface area contributed by atoms with Gasteiger partial charge in [-0.1, -0.05) is 38.1 Å². The number of para-hydroxylation sites is 1. The highest BCUT2D eigenvalue weighted by molar-refractivity contribution is 8.00. The van der Waals surface area contributed by atoms with Crippen molar-refractivity contribution in [2.45, 2.75) is 37.3 Å². The number of carbonyl (C=O) groups is 1. The number of nitrogens with zero attached hydrogens (tertiary/aromatic N) is 2. The predicted molar refractivity (Wildman–Crippen MR) is 95.7 cm³/mol. The van der Waals surface area contributed by atoms with E-state index in [-0.39, 0.29) is 5.91 Å². The van der Waals surface area contributed by atoms with Gasteiger partial charge in [-0.15, -0.1) is 11.8 Å². The Morgan fingerprint density at radius 3 is 2.82 bits per heavy atom. The van der Waals surface area contributed by atoms with Crippen LogP contribution in [-0.2, 0) is 4.79 Å². The van der Waals surface area contributed by atoms with E-state index >= 15 is 0 Å². The molecular weight excluding hydrogens is 292 g/mol. The topological polar surface area (TPSA) is 23.6 Å². The Morgan fingerprint density at radius 1 is 1.41 bits per heavy atom. The fourth-order valence-electron chi connectivity index (χ4n) is 2.68. The molecule has 1 aliphatic rings. The molecule has 1 aliphatic heterocycles. The Hall–Kier alpha value is -1.26. The largest absolute Gasteiger partial charge is 0.310 e. The lowest BCUT2D eigenvalue weighted by Crippen LogP contribution is -2.41. The van der Waals surface area contributed by atoms with Crippen molar-refractivity contribution >= 4 is 23.4 Å². The zero-order chi connectivity index (χ0) is 16.1. The molecule has 1 aromatic rings. The van der Waals surface area contributed by atoms with Crippen LogP contribution in [0.15, 0.2) is 41.3 Å². The maximum Gasteiger partial charge on any atom is 0.241 e. The molecule has 0 saturated heterocycles. The van der Waals surface area contributed by atoms with Gasteiger partial charge in [0.05, 0.1) is 12.2 Å². The Balaban J connectivity index is 2.16. The summed E-state index contributed by atoms with van der Waals surface area (Å²) in [4.78, 5) is 18.1. The lowest BCUT2D eigenvalue weighted by Gasteiger charge is -2.27. The van der Waals surface area contributed by atoms with Gasteiger partial charge < -0.3 is 4.90 Å². The van der Waals surface area contributed by atoms with E-state index < -0.39 is 0 Å². The van der Waals surface area contributed by atoms with Crippen LogP contribution in [-0.4, -0.2) is 42.2 Å². The average molecular weight is 318 g/mol. The first-order valence-corrected chi connectivity index (χ1v) is 8.82. The minimum absolute atomic E-state index is 0.185. The molecule has 1 unspecified atom stereocenters. The summed E-state index contributed by atoms with van der Waals surface area (Å²) in [5.74, 6) is 0.185. The summed E-state index contributed by atoms with van der Waals surface area (Å²) < 4.78 is 0. The van der Waals surface area contributed by atoms with Gasteiger partial charge in [0.15, 0.2) is 0 Å². The number of benzene rings is 1. The molecule has 3 nitrogen and oxygen atoms in total. The molecular formula is C18H26N2OS. The molecule has 22 heavy (non-hydrogen) atoms. The minimum atomic E-state index is 0.185. The Kier molecular flexibility index (Phi) is 6.09. The highest BCUT2D eigenvalue weighted by Crippen LogP contribution is 2.37. The molecule has 0 radical (unpaired) electrons. The number of thioether (sulfide) groups is 1. The second-order valence-corrected chi connectivity index (χ2v) is 7.47. The highest BCUT2D eigenvalue weighted by Gasteiger charge is 2.24. The number of amides is 1. The molecule has 0 bridgehead atoms. The van der Waals surface area contributed by atoms with Crippen LogP contribution in [0.5, 0.6) is 0 Å². The maximum absolute atomic E-state index is 12.8. The quantitative estimate of drug-likeness (QED) is 0.772. The van der Waals surface area contributed by atoms with Crippen LogP contribution >= 0.6 is 11.8 Å². The van der Waals surface area contributed by atoms with Gasteiger partial charge in [0.1, 0.15) is 0 Å². The molecule has 4 heteroatoms. The number of fused-ring (bicyclic) bond motifs is 1. The van der Waals surface area contributed by atoms with Crippen molar-refractivity contribution < 1.29 is 4.79 Å². The fourth-order valence-corrected chi connectivity index (χ4v) is 3.80. The lowest BCUT2D eigenvalue weighted by atomic mass is 10.2. The van der Waals surface area contributed by atoms with Gasteiger partial charge in [0, 0.05) is 23.2 Å². The van der Waals surface area contributed by atoms with Crippen molar-refractivity contribution in [3.8, 4) is 0 Å². The van der Waals surface area contributed by atoms with Crippen LogP contribution in [0.25, 0.3) is 0 Å². The van der Waals surface area contributed by atoms with E-state index in [4.69, 9.17) is 0 Å². The van der Waals surface area contributed by atoms with E-state index in [1.165, 1.54) is 4.90 Å². The first-order valence-electron chi connectivity index (χ1n) is 7.94. The highest BCUT2D eigenvalue weighted by atomic mass is 32.2. The van der Waals surface area contributed by atoms with Crippen molar-refractivity contribution in [2.24, 2.45) is 0 Å². The van der Waals surface area contributed by atoms with E-state index in [1.54, 1.807) is 0 Å². The second-order valence-electron chi connectivity index (χ2n) is 5.99. The number of anilines is 1. The number of rotatable bonds is 5. The van der Waals surface area contributed by atoms with E-state index in [0.29, 0.717) is 11.8 Å². The smallest absolute Gasteiger partial charge is 0.241 e. The SMILES string of the molecule is C=C(C)CN(CC)CC(=O)N1CCC(C)Sc2ccccc21. The van der Waals surface area contributed by atoms with Crippen molar-refractivity contribution in [3.63, 3.8) is 0 Å². The molecule has 2 rings (SSSR count). The Bertz CT molecular complexity index is 544. The van der Waals surface area contributed by atoms with Gasteiger partial charge in [0.2, 0.25) is 5.91 Å². The predicted octanol–water partition coefficient (Wildman–Crippen LogP) is 3.80. The molecule has 0 saturated carbocycles.